The summed E-state index contributed by atoms with van der Waals surface area (Å²) in [5.74, 6) is -1.32. The van der Waals surface area contributed by atoms with Gasteiger partial charge in [-0.25, -0.2) is 0 Å². The topological polar surface area (TPSA) is 101 Å². The summed E-state index contributed by atoms with van der Waals surface area (Å²) in [6.45, 7) is 9.78. The van der Waals surface area contributed by atoms with Gasteiger partial charge >= 0.3 is 5.97 Å². The summed E-state index contributed by atoms with van der Waals surface area (Å²) >= 11 is 0. The van der Waals surface area contributed by atoms with E-state index in [1.807, 2.05) is 65.0 Å². The molecule has 184 valence electrons. The molecule has 2 heterocycles. The first-order valence-corrected chi connectivity index (χ1v) is 11.8. The van der Waals surface area contributed by atoms with Crippen LogP contribution < -0.4 is 10.9 Å². The number of hydrogen-bond acceptors (Lipinski definition) is 4. The van der Waals surface area contributed by atoms with E-state index in [4.69, 9.17) is 4.98 Å². The number of carbonyl (C=O) groups is 2. The fourth-order valence-corrected chi connectivity index (χ4v) is 4.32. The molecule has 3 aromatic rings. The number of rotatable bonds is 9. The smallest absolute Gasteiger partial charge is 0.305 e. The molecule has 0 bridgehead atoms. The van der Waals surface area contributed by atoms with Gasteiger partial charge in [-0.05, 0) is 68.0 Å². The Bertz CT molecular complexity index is 1260. The summed E-state index contributed by atoms with van der Waals surface area (Å²) in [5.41, 5.74) is 4.82. The third-order valence-corrected chi connectivity index (χ3v) is 6.00. The lowest BCUT2D eigenvalue weighted by molar-refractivity contribution is -0.138. The first-order valence-electron chi connectivity index (χ1n) is 11.8. The van der Waals surface area contributed by atoms with Gasteiger partial charge < -0.3 is 15.0 Å². The van der Waals surface area contributed by atoms with Crippen molar-refractivity contribution in [1.82, 2.24) is 14.9 Å². The zero-order valence-electron chi connectivity index (χ0n) is 20.9. The Morgan fingerprint density at radius 2 is 1.69 bits per heavy atom. The monoisotopic (exact) mass is 475 g/mol. The Labute approximate surface area is 205 Å². The molecule has 0 unspecified atom stereocenters. The number of carbonyl (C=O) groups excluding carboxylic acids is 1. The summed E-state index contributed by atoms with van der Waals surface area (Å²) in [4.78, 5) is 42.5. The summed E-state index contributed by atoms with van der Waals surface area (Å²) in [5, 5.41) is 12.5. The summed E-state index contributed by atoms with van der Waals surface area (Å²) in [7, 11) is 0. The average Bonchev–Trinajstić information content (AvgIpc) is 2.77. The van der Waals surface area contributed by atoms with E-state index >= 15 is 0 Å². The zero-order chi connectivity index (χ0) is 25.7. The number of aryl methyl sites for hydroxylation is 3. The second-order valence-electron chi connectivity index (χ2n) is 9.47. The Balaban J connectivity index is 1.98. The normalized spacial score (nSPS) is 12.9. The number of hydrogen-bond donors (Lipinski definition) is 2. The van der Waals surface area contributed by atoms with Gasteiger partial charge in [0, 0.05) is 17.8 Å². The van der Waals surface area contributed by atoms with Gasteiger partial charge in [0.15, 0.2) is 0 Å². The third kappa shape index (κ3) is 6.44. The van der Waals surface area contributed by atoms with E-state index in [1.54, 1.807) is 18.3 Å². The van der Waals surface area contributed by atoms with Crippen molar-refractivity contribution in [1.29, 1.82) is 0 Å². The van der Waals surface area contributed by atoms with E-state index in [0.717, 1.165) is 27.9 Å². The van der Waals surface area contributed by atoms with Gasteiger partial charge in [0.25, 0.3) is 5.56 Å². The highest BCUT2D eigenvalue weighted by Crippen LogP contribution is 2.28. The van der Waals surface area contributed by atoms with Crippen molar-refractivity contribution in [2.45, 2.75) is 59.5 Å². The van der Waals surface area contributed by atoms with Crippen molar-refractivity contribution in [2.24, 2.45) is 5.92 Å². The molecule has 3 rings (SSSR count). The van der Waals surface area contributed by atoms with Gasteiger partial charge in [0.1, 0.15) is 6.04 Å². The van der Waals surface area contributed by atoms with Gasteiger partial charge in [-0.15, -0.1) is 0 Å². The quantitative estimate of drug-likeness (QED) is 0.465. The summed E-state index contributed by atoms with van der Waals surface area (Å²) < 4.78 is 1.42. The molecule has 2 aromatic heterocycles. The number of pyridine rings is 2. The molecule has 0 aliphatic rings. The minimum atomic E-state index is -1.05. The van der Waals surface area contributed by atoms with E-state index in [9.17, 15) is 19.5 Å². The number of carboxylic acid groups (broad SMARTS) is 1. The van der Waals surface area contributed by atoms with Gasteiger partial charge in [-0.3, -0.25) is 19.4 Å². The lowest BCUT2D eigenvalue weighted by Crippen LogP contribution is -2.40. The molecule has 7 heteroatoms. The van der Waals surface area contributed by atoms with Crippen LogP contribution in [0, 0.1) is 26.7 Å². The number of nitrogens with zero attached hydrogens (tertiary/aromatic N) is 2. The predicted octanol–water partition coefficient (Wildman–Crippen LogP) is 4.75. The first-order chi connectivity index (χ1) is 16.6. The molecule has 0 radical (unpaired) electrons. The van der Waals surface area contributed by atoms with Crippen LogP contribution in [-0.2, 0) is 9.59 Å². The maximum Gasteiger partial charge on any atom is 0.305 e. The molecule has 1 amide bonds. The first kappa shape index (κ1) is 25.9. The van der Waals surface area contributed by atoms with Crippen LogP contribution in [0.25, 0.3) is 11.3 Å². The lowest BCUT2D eigenvalue weighted by atomic mass is 9.98. The van der Waals surface area contributed by atoms with Crippen LogP contribution in [0.1, 0.15) is 61.2 Å². The number of aromatic nitrogens is 2. The lowest BCUT2D eigenvalue weighted by Gasteiger charge is -2.25. The number of aliphatic carboxylic acids is 1. The minimum absolute atomic E-state index is 0.141. The maximum absolute atomic E-state index is 13.5. The van der Waals surface area contributed by atoms with Crippen molar-refractivity contribution in [3.63, 3.8) is 0 Å². The number of nitrogens with one attached hydrogen (secondary N) is 1. The summed E-state index contributed by atoms with van der Waals surface area (Å²) in [6.07, 6.45) is 1.73. The molecule has 0 saturated carbocycles. The second kappa shape index (κ2) is 11.1. The molecule has 0 spiro atoms. The summed E-state index contributed by atoms with van der Waals surface area (Å²) in [6, 6.07) is 13.1. The van der Waals surface area contributed by atoms with Gasteiger partial charge in [-0.2, -0.15) is 0 Å². The molecule has 0 aliphatic heterocycles. The Morgan fingerprint density at radius 1 is 1.03 bits per heavy atom. The molecule has 2 N–H and O–H groups in total. The van der Waals surface area contributed by atoms with Crippen molar-refractivity contribution in [3.05, 3.63) is 87.5 Å². The predicted molar refractivity (Wildman–Crippen MR) is 136 cm³/mol. The van der Waals surface area contributed by atoms with E-state index in [0.29, 0.717) is 12.1 Å². The van der Waals surface area contributed by atoms with Crippen molar-refractivity contribution >= 4 is 11.9 Å². The van der Waals surface area contributed by atoms with Crippen molar-refractivity contribution in [3.8, 4) is 11.3 Å². The highest BCUT2D eigenvalue weighted by Gasteiger charge is 2.27. The highest BCUT2D eigenvalue weighted by molar-refractivity contribution is 5.81. The Kier molecular flexibility index (Phi) is 8.22. The molecule has 0 saturated heterocycles. The van der Waals surface area contributed by atoms with Crippen LogP contribution in [0.5, 0.6) is 0 Å². The molecule has 2 atom stereocenters. The Hall–Kier alpha value is -3.74. The Morgan fingerprint density at radius 3 is 2.29 bits per heavy atom. The molecule has 0 aliphatic carbocycles. The molecular weight excluding hydrogens is 442 g/mol. The maximum atomic E-state index is 13.5. The largest absolute Gasteiger partial charge is 0.481 e. The SMILES string of the molecule is Cc1ccn([C@@H](CC(C)C)C(=O)N[C@@H](CC(=O)O)c2cccc(-c3c(C)cccc3C)n2)c(=O)c1. The molecule has 1 aromatic carbocycles. The van der Waals surface area contributed by atoms with E-state index in [2.05, 4.69) is 5.32 Å². The van der Waals surface area contributed by atoms with Crippen molar-refractivity contribution < 1.29 is 14.7 Å². The van der Waals surface area contributed by atoms with Crippen LogP contribution in [0.3, 0.4) is 0 Å². The van der Waals surface area contributed by atoms with Gasteiger partial charge in [-0.1, -0.05) is 38.1 Å². The number of benzene rings is 1. The van der Waals surface area contributed by atoms with Gasteiger partial charge in [0.2, 0.25) is 5.91 Å². The van der Waals surface area contributed by atoms with Crippen LogP contribution in [0.2, 0.25) is 0 Å². The fraction of sp³-hybridized carbons (Fsp3) is 0.357. The highest BCUT2D eigenvalue weighted by atomic mass is 16.4. The van der Waals surface area contributed by atoms with E-state index in [-0.39, 0.29) is 17.9 Å². The number of carboxylic acids is 1. The average molecular weight is 476 g/mol. The molecular formula is C28H33N3O4. The second-order valence-corrected chi connectivity index (χ2v) is 9.47. The van der Waals surface area contributed by atoms with Crippen LogP contribution in [-0.4, -0.2) is 26.5 Å². The van der Waals surface area contributed by atoms with E-state index < -0.39 is 24.0 Å². The van der Waals surface area contributed by atoms with Crippen LogP contribution in [0.15, 0.2) is 59.5 Å². The van der Waals surface area contributed by atoms with Crippen LogP contribution in [0.4, 0.5) is 0 Å². The van der Waals surface area contributed by atoms with Crippen LogP contribution >= 0.6 is 0 Å². The zero-order valence-corrected chi connectivity index (χ0v) is 20.9. The molecule has 0 fully saturated rings. The van der Waals surface area contributed by atoms with E-state index in [1.165, 1.54) is 10.6 Å². The standard InChI is InChI=1S/C28H33N3O4/c1-17(2)14-24(31-13-12-18(3)15-25(31)32)28(35)30-23(16-26(33)34)21-10-7-11-22(29-21)27-19(4)8-6-9-20(27)5/h6-13,15,17,23-24H,14,16H2,1-5H3,(H,30,35)(H,33,34)/t23-,24-/m0/s1. The molecule has 35 heavy (non-hydrogen) atoms. The number of amides is 1. The van der Waals surface area contributed by atoms with Gasteiger partial charge in [0.05, 0.1) is 23.9 Å². The minimum Gasteiger partial charge on any atom is -0.481 e. The fourth-order valence-electron chi connectivity index (χ4n) is 4.32. The third-order valence-electron chi connectivity index (χ3n) is 6.00. The van der Waals surface area contributed by atoms with Crippen molar-refractivity contribution in [2.75, 3.05) is 0 Å². The molecule has 7 nitrogen and oxygen atoms in total.